The first kappa shape index (κ1) is 8.49. The molecule has 0 saturated heterocycles. The molecule has 0 aromatic heterocycles. The molecule has 2 nitrogen and oxygen atoms in total. The number of halogens is 2. The molecule has 0 radical (unpaired) electrons. The maximum Gasteiger partial charge on any atom is 0.160 e. The second-order valence-corrected chi connectivity index (χ2v) is 2.99. The molecule has 4 N–H and O–H groups in total. The Morgan fingerprint density at radius 3 is 2.64 bits per heavy atom. The van der Waals surface area contributed by atoms with Gasteiger partial charge in [-0.2, -0.15) is 0 Å². The van der Waals surface area contributed by atoms with Crippen LogP contribution in [0, 0.1) is 5.82 Å². The lowest BCUT2D eigenvalue weighted by Gasteiger charge is -2.04. The average molecular weight is 219 g/mol. The summed E-state index contributed by atoms with van der Waals surface area (Å²) < 4.78 is 13.3. The molecule has 0 aliphatic rings. The summed E-state index contributed by atoms with van der Waals surface area (Å²) >= 11 is 3.01. The van der Waals surface area contributed by atoms with Crippen LogP contribution in [0.3, 0.4) is 0 Å². The van der Waals surface area contributed by atoms with Gasteiger partial charge in [-0.05, 0) is 27.6 Å². The first-order valence-corrected chi connectivity index (χ1v) is 3.88. The third-order valence-electron chi connectivity index (χ3n) is 1.44. The molecule has 60 valence electrons. The normalized spacial score (nSPS) is 10.1. The van der Waals surface area contributed by atoms with E-state index in [0.29, 0.717) is 10.0 Å². The minimum absolute atomic E-state index is 0.127. The molecule has 0 saturated carbocycles. The van der Waals surface area contributed by atoms with Crippen molar-refractivity contribution in [1.82, 2.24) is 0 Å². The van der Waals surface area contributed by atoms with E-state index in [9.17, 15) is 4.39 Å². The Bertz CT molecular complexity index is 275. The molecule has 0 amide bonds. The fourth-order valence-electron chi connectivity index (χ4n) is 0.784. The van der Waals surface area contributed by atoms with Crippen LogP contribution in [-0.2, 0) is 6.54 Å². The average Bonchev–Trinajstić information content (AvgIpc) is 2.01. The van der Waals surface area contributed by atoms with Gasteiger partial charge >= 0.3 is 0 Å². The summed E-state index contributed by atoms with van der Waals surface area (Å²) in [7, 11) is 0. The van der Waals surface area contributed by atoms with Gasteiger partial charge in [-0.25, -0.2) is 4.39 Å². The van der Waals surface area contributed by atoms with Gasteiger partial charge in [0.25, 0.3) is 0 Å². The van der Waals surface area contributed by atoms with Crippen LogP contribution in [0.25, 0.3) is 0 Å². The van der Waals surface area contributed by atoms with E-state index < -0.39 is 5.82 Å². The maximum absolute atomic E-state index is 13.0. The predicted molar refractivity (Wildman–Crippen MR) is 46.4 cm³/mol. The number of nitrogens with two attached hydrogens (primary N) is 2. The highest BCUT2D eigenvalue weighted by molar-refractivity contribution is 9.10. The molecule has 0 heterocycles. The minimum Gasteiger partial charge on any atom is -0.396 e. The van der Waals surface area contributed by atoms with Gasteiger partial charge in [-0.1, -0.05) is 6.07 Å². The van der Waals surface area contributed by atoms with Crippen molar-refractivity contribution in [2.45, 2.75) is 6.54 Å². The van der Waals surface area contributed by atoms with Crippen LogP contribution in [0.5, 0.6) is 0 Å². The third kappa shape index (κ3) is 1.52. The summed E-state index contributed by atoms with van der Waals surface area (Å²) in [5.74, 6) is -0.437. The Morgan fingerprint density at radius 1 is 1.45 bits per heavy atom. The van der Waals surface area contributed by atoms with E-state index in [1.54, 1.807) is 12.1 Å². The topological polar surface area (TPSA) is 52.0 Å². The molecule has 0 aliphatic heterocycles. The van der Waals surface area contributed by atoms with Crippen molar-refractivity contribution in [2.75, 3.05) is 5.73 Å². The first-order chi connectivity index (χ1) is 5.16. The molecule has 0 fully saturated rings. The van der Waals surface area contributed by atoms with Crippen molar-refractivity contribution in [2.24, 2.45) is 5.73 Å². The zero-order chi connectivity index (χ0) is 8.43. The molecule has 1 aromatic rings. The molecule has 4 heteroatoms. The highest BCUT2D eigenvalue weighted by Gasteiger charge is 2.06. The quantitative estimate of drug-likeness (QED) is 0.705. The van der Waals surface area contributed by atoms with E-state index in [-0.39, 0.29) is 12.2 Å². The molecule has 11 heavy (non-hydrogen) atoms. The fourth-order valence-corrected chi connectivity index (χ4v) is 1.13. The molecular formula is C7H8BrFN2. The van der Waals surface area contributed by atoms with Crippen molar-refractivity contribution in [3.05, 3.63) is 28.0 Å². The van der Waals surface area contributed by atoms with E-state index in [1.807, 2.05) is 0 Å². The summed E-state index contributed by atoms with van der Waals surface area (Å²) in [6.45, 7) is 0.260. The van der Waals surface area contributed by atoms with Crippen LogP contribution in [0.1, 0.15) is 5.56 Å². The highest BCUT2D eigenvalue weighted by Crippen LogP contribution is 2.23. The maximum atomic E-state index is 13.0. The zero-order valence-electron chi connectivity index (χ0n) is 5.77. The summed E-state index contributed by atoms with van der Waals surface area (Å²) in [5, 5.41) is 0. The van der Waals surface area contributed by atoms with Crippen molar-refractivity contribution < 1.29 is 4.39 Å². The van der Waals surface area contributed by atoms with Gasteiger partial charge in [0.2, 0.25) is 0 Å². The lowest BCUT2D eigenvalue weighted by atomic mass is 10.2. The Morgan fingerprint density at radius 2 is 2.09 bits per heavy atom. The summed E-state index contributed by atoms with van der Waals surface area (Å²) in [6, 6.07) is 3.29. The third-order valence-corrected chi connectivity index (χ3v) is 2.06. The number of anilines is 1. The second kappa shape index (κ2) is 3.19. The van der Waals surface area contributed by atoms with Gasteiger partial charge in [0.05, 0.1) is 10.2 Å². The van der Waals surface area contributed by atoms with Crippen molar-refractivity contribution in [3.8, 4) is 0 Å². The number of hydrogen-bond acceptors (Lipinski definition) is 2. The lowest BCUT2D eigenvalue weighted by Crippen LogP contribution is -2.03. The Kier molecular flexibility index (Phi) is 2.46. The fraction of sp³-hybridized carbons (Fsp3) is 0.143. The van der Waals surface area contributed by atoms with Crippen molar-refractivity contribution in [3.63, 3.8) is 0 Å². The molecule has 1 rings (SSSR count). The Labute approximate surface area is 72.5 Å². The zero-order valence-corrected chi connectivity index (χ0v) is 7.36. The minimum atomic E-state index is -0.437. The molecule has 0 aliphatic carbocycles. The molecular weight excluding hydrogens is 211 g/mol. The Balaban J connectivity index is 3.25. The van der Waals surface area contributed by atoms with Gasteiger partial charge < -0.3 is 11.5 Å². The van der Waals surface area contributed by atoms with E-state index in [2.05, 4.69) is 15.9 Å². The van der Waals surface area contributed by atoms with E-state index in [4.69, 9.17) is 11.5 Å². The van der Waals surface area contributed by atoms with Crippen LogP contribution < -0.4 is 11.5 Å². The van der Waals surface area contributed by atoms with Gasteiger partial charge in [-0.3, -0.25) is 0 Å². The van der Waals surface area contributed by atoms with E-state index in [0.717, 1.165) is 0 Å². The van der Waals surface area contributed by atoms with E-state index >= 15 is 0 Å². The molecule has 0 bridgehead atoms. The van der Waals surface area contributed by atoms with Crippen LogP contribution in [0.2, 0.25) is 0 Å². The monoisotopic (exact) mass is 218 g/mol. The highest BCUT2D eigenvalue weighted by atomic mass is 79.9. The smallest absolute Gasteiger partial charge is 0.160 e. The van der Waals surface area contributed by atoms with Gasteiger partial charge in [0.1, 0.15) is 0 Å². The van der Waals surface area contributed by atoms with Crippen molar-refractivity contribution in [1.29, 1.82) is 0 Å². The Hall–Kier alpha value is -0.610. The summed E-state index contributed by atoms with van der Waals surface area (Å²) in [6.07, 6.45) is 0. The summed E-state index contributed by atoms with van der Waals surface area (Å²) in [4.78, 5) is 0. The predicted octanol–water partition coefficient (Wildman–Crippen LogP) is 1.63. The molecule has 1 aromatic carbocycles. The van der Waals surface area contributed by atoms with Crippen molar-refractivity contribution >= 4 is 21.6 Å². The van der Waals surface area contributed by atoms with E-state index in [1.165, 1.54) is 0 Å². The van der Waals surface area contributed by atoms with Gasteiger partial charge in [0, 0.05) is 6.54 Å². The van der Waals surface area contributed by atoms with Gasteiger partial charge in [-0.15, -0.1) is 0 Å². The van der Waals surface area contributed by atoms with Crippen LogP contribution in [0.15, 0.2) is 16.6 Å². The van der Waals surface area contributed by atoms with Gasteiger partial charge in [0.15, 0.2) is 5.82 Å². The molecule has 0 spiro atoms. The second-order valence-electron chi connectivity index (χ2n) is 2.14. The molecule has 0 unspecified atom stereocenters. The van der Waals surface area contributed by atoms with Crippen LogP contribution in [0.4, 0.5) is 10.1 Å². The SMILES string of the molecule is NCc1ccc(Br)c(F)c1N. The lowest BCUT2D eigenvalue weighted by molar-refractivity contribution is 0.624. The number of benzene rings is 1. The number of hydrogen-bond donors (Lipinski definition) is 2. The van der Waals surface area contributed by atoms with Crippen LogP contribution in [-0.4, -0.2) is 0 Å². The molecule has 0 atom stereocenters. The largest absolute Gasteiger partial charge is 0.396 e. The standard InChI is InChI=1S/C7H8BrFN2/c8-5-2-1-4(3-10)7(11)6(5)9/h1-2H,3,10-11H2. The number of nitrogen functional groups attached to an aromatic ring is 1. The van der Waals surface area contributed by atoms with Crippen LogP contribution >= 0.6 is 15.9 Å². The first-order valence-electron chi connectivity index (χ1n) is 3.09. The summed E-state index contributed by atoms with van der Waals surface area (Å²) in [5.41, 5.74) is 11.5. The number of rotatable bonds is 1.